The van der Waals surface area contributed by atoms with E-state index in [4.69, 9.17) is 11.0 Å². The first-order chi connectivity index (χ1) is 10.6. The van der Waals surface area contributed by atoms with Crippen molar-refractivity contribution < 1.29 is 27.5 Å². The van der Waals surface area contributed by atoms with E-state index in [0.717, 1.165) is 12.1 Å². The molecule has 0 fully saturated rings. The standard InChI is InChI=1S/C15H13F3N2O3/c1-9(20)12(7-19)13(21)8-23-14(22)6-10-3-2-4-11(5-10)15(16,17)18/h2-5H,6,8,20H2,1H3. The van der Waals surface area contributed by atoms with Crippen LogP contribution in [0.5, 0.6) is 0 Å². The molecule has 1 aromatic rings. The third kappa shape index (κ3) is 5.47. The average Bonchev–Trinajstić information content (AvgIpc) is 2.45. The van der Waals surface area contributed by atoms with Gasteiger partial charge in [-0.05, 0) is 18.6 Å². The molecule has 0 saturated carbocycles. The molecule has 0 aliphatic carbocycles. The fourth-order valence-electron chi connectivity index (χ4n) is 1.66. The predicted molar refractivity (Wildman–Crippen MR) is 73.6 cm³/mol. The second-order valence-corrected chi connectivity index (χ2v) is 4.63. The van der Waals surface area contributed by atoms with E-state index in [1.54, 1.807) is 6.07 Å². The van der Waals surface area contributed by atoms with Crippen LogP contribution < -0.4 is 5.73 Å². The Morgan fingerprint density at radius 1 is 1.35 bits per heavy atom. The summed E-state index contributed by atoms with van der Waals surface area (Å²) in [4.78, 5) is 23.1. The van der Waals surface area contributed by atoms with Crippen LogP contribution in [0.25, 0.3) is 0 Å². The van der Waals surface area contributed by atoms with E-state index in [0.29, 0.717) is 0 Å². The second-order valence-electron chi connectivity index (χ2n) is 4.63. The molecule has 0 spiro atoms. The minimum atomic E-state index is -4.51. The largest absolute Gasteiger partial charge is 0.457 e. The first kappa shape index (κ1) is 18.2. The molecule has 0 aromatic heterocycles. The van der Waals surface area contributed by atoms with Crippen molar-refractivity contribution >= 4 is 11.8 Å². The second kappa shape index (κ2) is 7.45. The smallest absolute Gasteiger partial charge is 0.416 e. The van der Waals surface area contributed by atoms with Crippen molar-refractivity contribution in [2.75, 3.05) is 6.61 Å². The van der Waals surface area contributed by atoms with Gasteiger partial charge < -0.3 is 10.5 Å². The molecule has 1 aromatic carbocycles. The van der Waals surface area contributed by atoms with Gasteiger partial charge in [0.25, 0.3) is 0 Å². The van der Waals surface area contributed by atoms with Crippen LogP contribution in [0.2, 0.25) is 0 Å². The van der Waals surface area contributed by atoms with Crippen LogP contribution >= 0.6 is 0 Å². The molecule has 0 amide bonds. The molecule has 2 N–H and O–H groups in total. The molecule has 0 saturated heterocycles. The summed E-state index contributed by atoms with van der Waals surface area (Å²) in [6.45, 7) is 0.649. The number of ketones is 1. The molecule has 23 heavy (non-hydrogen) atoms. The van der Waals surface area contributed by atoms with E-state index in [1.807, 2.05) is 0 Å². The number of hydrogen-bond acceptors (Lipinski definition) is 5. The Morgan fingerprint density at radius 2 is 2.00 bits per heavy atom. The topological polar surface area (TPSA) is 93.2 Å². The Kier molecular flexibility index (Phi) is 5.90. The van der Waals surface area contributed by atoms with Crippen molar-refractivity contribution in [2.45, 2.75) is 19.5 Å². The maximum absolute atomic E-state index is 12.6. The molecule has 122 valence electrons. The molecule has 8 heteroatoms. The summed E-state index contributed by atoms with van der Waals surface area (Å²) in [5, 5.41) is 8.72. The Hall–Kier alpha value is -2.82. The molecule has 0 heterocycles. The molecule has 0 unspecified atom stereocenters. The van der Waals surface area contributed by atoms with Crippen LogP contribution in [-0.2, 0) is 26.9 Å². The number of nitrogens with zero attached hydrogens (tertiary/aromatic N) is 1. The molecular weight excluding hydrogens is 313 g/mol. The highest BCUT2D eigenvalue weighted by atomic mass is 19.4. The van der Waals surface area contributed by atoms with Gasteiger partial charge >= 0.3 is 12.1 Å². The molecule has 1 rings (SSSR count). The Morgan fingerprint density at radius 3 is 2.52 bits per heavy atom. The number of carbonyl (C=O) groups excluding carboxylic acids is 2. The average molecular weight is 326 g/mol. The summed E-state index contributed by atoms with van der Waals surface area (Å²) in [6.07, 6.45) is -4.94. The third-order valence-corrected chi connectivity index (χ3v) is 2.75. The number of nitriles is 1. The predicted octanol–water partition coefficient (Wildman–Crippen LogP) is 2.12. The molecule has 5 nitrogen and oxygen atoms in total. The van der Waals surface area contributed by atoms with Crippen molar-refractivity contribution in [3.8, 4) is 6.07 Å². The van der Waals surface area contributed by atoms with Gasteiger partial charge in [-0.2, -0.15) is 18.4 Å². The van der Waals surface area contributed by atoms with Crippen LogP contribution in [-0.4, -0.2) is 18.4 Å². The lowest BCUT2D eigenvalue weighted by Crippen LogP contribution is -2.18. The number of hydrogen-bond donors (Lipinski definition) is 1. The summed E-state index contributed by atoms with van der Waals surface area (Å²) in [5.74, 6) is -1.66. The number of esters is 1. The molecular formula is C15H13F3N2O3. The minimum absolute atomic E-state index is 0.00794. The number of carbonyl (C=O) groups is 2. The zero-order chi connectivity index (χ0) is 17.6. The van der Waals surface area contributed by atoms with Crippen LogP contribution in [0.15, 0.2) is 35.5 Å². The number of halogens is 3. The van der Waals surface area contributed by atoms with E-state index in [-0.39, 0.29) is 16.8 Å². The highest BCUT2D eigenvalue weighted by molar-refractivity contribution is 6.01. The fraction of sp³-hybridized carbons (Fsp3) is 0.267. The van der Waals surface area contributed by atoms with Crippen molar-refractivity contribution in [1.82, 2.24) is 0 Å². The summed E-state index contributed by atoms with van der Waals surface area (Å²) < 4.78 is 42.3. The highest BCUT2D eigenvalue weighted by Gasteiger charge is 2.30. The van der Waals surface area contributed by atoms with Gasteiger partial charge in [0, 0.05) is 5.70 Å². The summed E-state index contributed by atoms with van der Waals surface area (Å²) in [7, 11) is 0. The maximum Gasteiger partial charge on any atom is 0.416 e. The lowest BCUT2D eigenvalue weighted by atomic mass is 10.1. The molecule has 0 bridgehead atoms. The minimum Gasteiger partial charge on any atom is -0.457 e. The number of nitrogens with two attached hydrogens (primary N) is 1. The van der Waals surface area contributed by atoms with Gasteiger partial charge in [-0.3, -0.25) is 9.59 Å². The summed E-state index contributed by atoms with van der Waals surface area (Å²) >= 11 is 0. The first-order valence-corrected chi connectivity index (χ1v) is 6.36. The van der Waals surface area contributed by atoms with Crippen molar-refractivity contribution in [2.24, 2.45) is 5.73 Å². The maximum atomic E-state index is 12.6. The zero-order valence-electron chi connectivity index (χ0n) is 12.1. The van der Waals surface area contributed by atoms with Gasteiger partial charge in [-0.25, -0.2) is 0 Å². The number of alkyl halides is 3. The lowest BCUT2D eigenvalue weighted by molar-refractivity contribution is -0.146. The number of allylic oxidation sites excluding steroid dienone is 1. The van der Waals surface area contributed by atoms with Gasteiger partial charge in [0.05, 0.1) is 12.0 Å². The van der Waals surface area contributed by atoms with E-state index >= 15 is 0 Å². The van der Waals surface area contributed by atoms with Gasteiger partial charge in [-0.15, -0.1) is 0 Å². The van der Waals surface area contributed by atoms with Crippen molar-refractivity contribution in [3.05, 3.63) is 46.7 Å². The van der Waals surface area contributed by atoms with Crippen molar-refractivity contribution in [1.29, 1.82) is 5.26 Å². The Labute approximate surface area is 130 Å². The number of Topliss-reactive ketones (excluding diaryl/α,β-unsaturated/α-hetero) is 1. The van der Waals surface area contributed by atoms with Gasteiger partial charge in [0.2, 0.25) is 5.78 Å². The lowest BCUT2D eigenvalue weighted by Gasteiger charge is -2.08. The third-order valence-electron chi connectivity index (χ3n) is 2.75. The SMILES string of the molecule is CC(N)=C(C#N)C(=O)COC(=O)Cc1cccc(C(F)(F)F)c1. The Balaban J connectivity index is 2.67. The monoisotopic (exact) mass is 326 g/mol. The quantitative estimate of drug-likeness (QED) is 0.508. The van der Waals surface area contributed by atoms with E-state index in [1.165, 1.54) is 19.1 Å². The van der Waals surface area contributed by atoms with Crippen LogP contribution in [0.3, 0.4) is 0 Å². The van der Waals surface area contributed by atoms with Crippen LogP contribution in [0.4, 0.5) is 13.2 Å². The molecule has 0 aliphatic rings. The number of rotatable bonds is 5. The van der Waals surface area contributed by atoms with Gasteiger partial charge in [0.1, 0.15) is 11.6 Å². The van der Waals surface area contributed by atoms with Gasteiger partial charge in [0.15, 0.2) is 6.61 Å². The molecule has 0 radical (unpaired) electrons. The number of ether oxygens (including phenoxy) is 1. The Bertz CT molecular complexity index is 684. The fourth-order valence-corrected chi connectivity index (χ4v) is 1.66. The van der Waals surface area contributed by atoms with Crippen molar-refractivity contribution in [3.63, 3.8) is 0 Å². The number of benzene rings is 1. The first-order valence-electron chi connectivity index (χ1n) is 6.36. The summed E-state index contributed by atoms with van der Waals surface area (Å²) in [5.41, 5.74) is 4.21. The van der Waals surface area contributed by atoms with E-state index in [2.05, 4.69) is 4.74 Å². The summed E-state index contributed by atoms with van der Waals surface area (Å²) in [6, 6.07) is 5.80. The zero-order valence-corrected chi connectivity index (χ0v) is 12.1. The van der Waals surface area contributed by atoms with Gasteiger partial charge in [-0.1, -0.05) is 18.2 Å². The molecule has 0 atom stereocenters. The highest BCUT2D eigenvalue weighted by Crippen LogP contribution is 2.29. The van der Waals surface area contributed by atoms with E-state index in [9.17, 15) is 22.8 Å². The van der Waals surface area contributed by atoms with Crippen LogP contribution in [0, 0.1) is 11.3 Å². The molecule has 0 aliphatic heterocycles. The van der Waals surface area contributed by atoms with Crippen LogP contribution in [0.1, 0.15) is 18.1 Å². The van der Waals surface area contributed by atoms with E-state index < -0.39 is 36.5 Å². The normalized spacial score (nSPS) is 12.1.